The summed E-state index contributed by atoms with van der Waals surface area (Å²) in [7, 11) is 0. The SMILES string of the molecule is Cc1ccc(C2CC(NC3CCN(C4CC4)CC3)C2)cc1. The van der Waals surface area contributed by atoms with Crippen LogP contribution in [0.3, 0.4) is 0 Å². The second-order valence-corrected chi connectivity index (χ2v) is 7.48. The molecule has 0 aromatic heterocycles. The minimum absolute atomic E-state index is 0.772. The smallest absolute Gasteiger partial charge is 0.00964 e. The number of hydrogen-bond donors (Lipinski definition) is 1. The Kier molecular flexibility index (Phi) is 3.76. The Morgan fingerprint density at radius 2 is 1.57 bits per heavy atom. The fraction of sp³-hybridized carbons (Fsp3) is 0.684. The maximum atomic E-state index is 3.92. The number of benzene rings is 1. The molecule has 114 valence electrons. The molecule has 21 heavy (non-hydrogen) atoms. The average Bonchev–Trinajstić information content (AvgIpc) is 3.29. The fourth-order valence-corrected chi connectivity index (χ4v) is 4.07. The van der Waals surface area contributed by atoms with Crippen molar-refractivity contribution in [3.8, 4) is 0 Å². The first kappa shape index (κ1) is 13.8. The van der Waals surface area contributed by atoms with E-state index in [0.717, 1.165) is 24.0 Å². The van der Waals surface area contributed by atoms with Crippen LogP contribution in [-0.4, -0.2) is 36.1 Å². The molecule has 3 fully saturated rings. The van der Waals surface area contributed by atoms with Crippen molar-refractivity contribution in [2.45, 2.75) is 69.5 Å². The van der Waals surface area contributed by atoms with Gasteiger partial charge in [-0.05, 0) is 70.0 Å². The highest BCUT2D eigenvalue weighted by Crippen LogP contribution is 2.37. The monoisotopic (exact) mass is 284 g/mol. The second kappa shape index (κ2) is 5.73. The van der Waals surface area contributed by atoms with E-state index in [1.807, 2.05) is 0 Å². The van der Waals surface area contributed by atoms with Gasteiger partial charge in [-0.15, -0.1) is 0 Å². The van der Waals surface area contributed by atoms with Crippen molar-refractivity contribution in [1.82, 2.24) is 10.2 Å². The van der Waals surface area contributed by atoms with Gasteiger partial charge < -0.3 is 10.2 Å². The molecule has 3 aliphatic rings. The molecule has 4 rings (SSSR count). The number of nitrogens with one attached hydrogen (secondary N) is 1. The summed E-state index contributed by atoms with van der Waals surface area (Å²) in [4.78, 5) is 2.72. The standard InChI is InChI=1S/C19H28N2/c1-14-2-4-15(5-3-14)16-12-18(13-16)20-17-8-10-21(11-9-17)19-6-7-19/h2-5,16-20H,6-13H2,1H3. The Morgan fingerprint density at radius 3 is 2.19 bits per heavy atom. The van der Waals surface area contributed by atoms with E-state index in [1.165, 1.54) is 57.2 Å². The predicted octanol–water partition coefficient (Wildman–Crippen LogP) is 3.46. The molecule has 0 unspecified atom stereocenters. The van der Waals surface area contributed by atoms with Gasteiger partial charge in [-0.25, -0.2) is 0 Å². The lowest BCUT2D eigenvalue weighted by Crippen LogP contribution is -2.50. The first-order valence-electron chi connectivity index (χ1n) is 8.84. The molecule has 2 saturated carbocycles. The van der Waals surface area contributed by atoms with Crippen LogP contribution < -0.4 is 5.32 Å². The largest absolute Gasteiger partial charge is 0.311 e. The minimum atomic E-state index is 0.772. The van der Waals surface area contributed by atoms with Gasteiger partial charge in [0.1, 0.15) is 0 Å². The van der Waals surface area contributed by atoms with Gasteiger partial charge in [0, 0.05) is 18.1 Å². The van der Waals surface area contributed by atoms with E-state index in [1.54, 1.807) is 5.56 Å². The van der Waals surface area contributed by atoms with Crippen LogP contribution in [0, 0.1) is 6.92 Å². The average molecular weight is 284 g/mol. The Morgan fingerprint density at radius 1 is 0.905 bits per heavy atom. The molecular formula is C19H28N2. The maximum absolute atomic E-state index is 3.92. The van der Waals surface area contributed by atoms with Crippen LogP contribution >= 0.6 is 0 Å². The molecule has 0 atom stereocenters. The van der Waals surface area contributed by atoms with E-state index in [2.05, 4.69) is 41.4 Å². The Balaban J connectivity index is 1.21. The first-order valence-corrected chi connectivity index (χ1v) is 8.84. The van der Waals surface area contributed by atoms with Crippen LogP contribution in [0.1, 0.15) is 55.6 Å². The number of rotatable bonds is 4. The molecule has 1 heterocycles. The number of likely N-dealkylation sites (tertiary alicyclic amines) is 1. The lowest BCUT2D eigenvalue weighted by molar-refractivity contribution is 0.165. The lowest BCUT2D eigenvalue weighted by Gasteiger charge is -2.41. The zero-order chi connectivity index (χ0) is 14.2. The zero-order valence-corrected chi connectivity index (χ0v) is 13.2. The van der Waals surface area contributed by atoms with Crippen LogP contribution in [0.4, 0.5) is 0 Å². The molecule has 1 saturated heterocycles. The third-order valence-electron chi connectivity index (χ3n) is 5.75. The van der Waals surface area contributed by atoms with E-state index in [-0.39, 0.29) is 0 Å². The number of aryl methyl sites for hydroxylation is 1. The van der Waals surface area contributed by atoms with Gasteiger partial charge in [-0.1, -0.05) is 29.8 Å². The molecule has 1 aromatic carbocycles. The highest BCUT2D eigenvalue weighted by molar-refractivity contribution is 5.26. The Labute approximate surface area is 128 Å². The third kappa shape index (κ3) is 3.17. The van der Waals surface area contributed by atoms with Gasteiger partial charge in [0.15, 0.2) is 0 Å². The molecule has 0 spiro atoms. The van der Waals surface area contributed by atoms with Crippen LogP contribution in [-0.2, 0) is 0 Å². The zero-order valence-electron chi connectivity index (χ0n) is 13.2. The number of hydrogen-bond acceptors (Lipinski definition) is 2. The first-order chi connectivity index (χ1) is 10.3. The summed E-state index contributed by atoms with van der Waals surface area (Å²) in [6, 6.07) is 11.7. The maximum Gasteiger partial charge on any atom is 0.00964 e. The summed E-state index contributed by atoms with van der Waals surface area (Å²) < 4.78 is 0. The minimum Gasteiger partial charge on any atom is -0.311 e. The van der Waals surface area contributed by atoms with Crippen molar-refractivity contribution >= 4 is 0 Å². The van der Waals surface area contributed by atoms with Crippen molar-refractivity contribution in [1.29, 1.82) is 0 Å². The molecule has 1 aliphatic heterocycles. The highest BCUT2D eigenvalue weighted by Gasteiger charge is 2.35. The van der Waals surface area contributed by atoms with Gasteiger partial charge in [-0.3, -0.25) is 0 Å². The lowest BCUT2D eigenvalue weighted by atomic mass is 9.75. The number of nitrogens with zero attached hydrogens (tertiary/aromatic N) is 1. The van der Waals surface area contributed by atoms with Crippen LogP contribution in [0.25, 0.3) is 0 Å². The van der Waals surface area contributed by atoms with Gasteiger partial charge >= 0.3 is 0 Å². The van der Waals surface area contributed by atoms with E-state index < -0.39 is 0 Å². The molecule has 2 aliphatic carbocycles. The molecule has 0 bridgehead atoms. The van der Waals surface area contributed by atoms with Crippen molar-refractivity contribution in [3.63, 3.8) is 0 Å². The summed E-state index contributed by atoms with van der Waals surface area (Å²) >= 11 is 0. The second-order valence-electron chi connectivity index (χ2n) is 7.48. The van der Waals surface area contributed by atoms with E-state index in [9.17, 15) is 0 Å². The Bertz CT molecular complexity index is 463. The molecule has 0 amide bonds. The molecule has 0 radical (unpaired) electrons. The van der Waals surface area contributed by atoms with E-state index in [4.69, 9.17) is 0 Å². The predicted molar refractivity (Wildman–Crippen MR) is 87.7 cm³/mol. The quantitative estimate of drug-likeness (QED) is 0.911. The fourth-order valence-electron chi connectivity index (χ4n) is 4.07. The van der Waals surface area contributed by atoms with Crippen molar-refractivity contribution in [2.24, 2.45) is 0 Å². The molecule has 2 heteroatoms. The normalized spacial score (nSPS) is 31.1. The van der Waals surface area contributed by atoms with Gasteiger partial charge in [0.05, 0.1) is 0 Å². The topological polar surface area (TPSA) is 15.3 Å². The number of piperidine rings is 1. The van der Waals surface area contributed by atoms with E-state index in [0.29, 0.717) is 0 Å². The molecule has 1 N–H and O–H groups in total. The summed E-state index contributed by atoms with van der Waals surface area (Å²) in [6.45, 7) is 4.83. The van der Waals surface area contributed by atoms with Crippen LogP contribution in [0.15, 0.2) is 24.3 Å². The third-order valence-corrected chi connectivity index (χ3v) is 5.75. The molecule has 1 aromatic rings. The summed E-state index contributed by atoms with van der Waals surface area (Å²) in [5.41, 5.74) is 2.91. The highest BCUT2D eigenvalue weighted by atomic mass is 15.2. The van der Waals surface area contributed by atoms with Crippen molar-refractivity contribution in [3.05, 3.63) is 35.4 Å². The van der Waals surface area contributed by atoms with Gasteiger partial charge in [-0.2, -0.15) is 0 Å². The Hall–Kier alpha value is -0.860. The summed E-state index contributed by atoms with van der Waals surface area (Å²) in [5, 5.41) is 3.92. The molecular weight excluding hydrogens is 256 g/mol. The summed E-state index contributed by atoms with van der Waals surface area (Å²) in [5.74, 6) is 0.801. The van der Waals surface area contributed by atoms with Crippen LogP contribution in [0.2, 0.25) is 0 Å². The van der Waals surface area contributed by atoms with Crippen molar-refractivity contribution < 1.29 is 0 Å². The van der Waals surface area contributed by atoms with Crippen LogP contribution in [0.5, 0.6) is 0 Å². The van der Waals surface area contributed by atoms with E-state index >= 15 is 0 Å². The van der Waals surface area contributed by atoms with Gasteiger partial charge in [0.2, 0.25) is 0 Å². The summed E-state index contributed by atoms with van der Waals surface area (Å²) in [6.07, 6.45) is 8.32. The van der Waals surface area contributed by atoms with Crippen molar-refractivity contribution in [2.75, 3.05) is 13.1 Å². The molecule has 2 nitrogen and oxygen atoms in total. The van der Waals surface area contributed by atoms with Gasteiger partial charge in [0.25, 0.3) is 0 Å².